The third kappa shape index (κ3) is 4.12. The van der Waals surface area contributed by atoms with Crippen molar-refractivity contribution in [1.29, 1.82) is 0 Å². The first-order valence-electron chi connectivity index (χ1n) is 6.58. The van der Waals surface area contributed by atoms with Crippen LogP contribution in [0.1, 0.15) is 52.9 Å². The molecule has 1 amide bonds. The van der Waals surface area contributed by atoms with Crippen LogP contribution in [-0.4, -0.2) is 18.0 Å². The summed E-state index contributed by atoms with van der Waals surface area (Å²) >= 11 is 0. The minimum atomic E-state index is -0.322. The Bertz CT molecular complexity index is 220. The Morgan fingerprint density at radius 2 is 1.88 bits per heavy atom. The molecule has 3 heteroatoms. The fourth-order valence-electron chi connectivity index (χ4n) is 2.82. The second-order valence-corrected chi connectivity index (χ2v) is 5.52. The summed E-state index contributed by atoms with van der Waals surface area (Å²) in [5, 5.41) is 3.10. The summed E-state index contributed by atoms with van der Waals surface area (Å²) in [5.41, 5.74) is 5.80. The van der Waals surface area contributed by atoms with Gasteiger partial charge in [0.15, 0.2) is 0 Å². The third-order valence-corrected chi connectivity index (χ3v) is 3.46. The molecule has 0 aromatic rings. The summed E-state index contributed by atoms with van der Waals surface area (Å²) in [5.74, 6) is 1.47. The number of carbonyl (C=O) groups excluding carboxylic acids is 1. The van der Waals surface area contributed by atoms with Gasteiger partial charge in [-0.2, -0.15) is 0 Å². The van der Waals surface area contributed by atoms with Crippen molar-refractivity contribution in [3.05, 3.63) is 0 Å². The SMILES string of the molecule is CCC[C@H](N)C(=O)NC1CC(C)CC(C)C1. The number of nitrogens with one attached hydrogen (secondary N) is 1. The zero-order chi connectivity index (χ0) is 12.1. The molecule has 0 saturated heterocycles. The topological polar surface area (TPSA) is 55.1 Å². The zero-order valence-corrected chi connectivity index (χ0v) is 10.8. The molecule has 1 aliphatic carbocycles. The Morgan fingerprint density at radius 3 is 2.38 bits per heavy atom. The average molecular weight is 226 g/mol. The van der Waals surface area contributed by atoms with Gasteiger partial charge in [0.1, 0.15) is 0 Å². The second kappa shape index (κ2) is 6.24. The van der Waals surface area contributed by atoms with Gasteiger partial charge in [0.2, 0.25) is 5.91 Å². The van der Waals surface area contributed by atoms with Gasteiger partial charge in [-0.3, -0.25) is 4.79 Å². The van der Waals surface area contributed by atoms with Crippen LogP contribution in [0.2, 0.25) is 0 Å². The molecule has 1 saturated carbocycles. The van der Waals surface area contributed by atoms with Crippen LogP contribution >= 0.6 is 0 Å². The highest BCUT2D eigenvalue weighted by Crippen LogP contribution is 2.28. The summed E-state index contributed by atoms with van der Waals surface area (Å²) < 4.78 is 0. The lowest BCUT2D eigenvalue weighted by Crippen LogP contribution is -2.47. The number of hydrogen-bond donors (Lipinski definition) is 2. The fraction of sp³-hybridized carbons (Fsp3) is 0.923. The molecule has 3 N–H and O–H groups in total. The van der Waals surface area contributed by atoms with Crippen LogP contribution in [0.15, 0.2) is 0 Å². The number of hydrogen-bond acceptors (Lipinski definition) is 2. The van der Waals surface area contributed by atoms with Gasteiger partial charge in [0, 0.05) is 6.04 Å². The summed E-state index contributed by atoms with van der Waals surface area (Å²) in [6.07, 6.45) is 5.24. The van der Waals surface area contributed by atoms with Gasteiger partial charge in [-0.1, -0.05) is 27.2 Å². The molecular weight excluding hydrogens is 200 g/mol. The molecule has 16 heavy (non-hydrogen) atoms. The highest BCUT2D eigenvalue weighted by molar-refractivity contribution is 5.81. The van der Waals surface area contributed by atoms with Gasteiger partial charge in [-0.25, -0.2) is 0 Å². The number of nitrogens with two attached hydrogens (primary N) is 1. The van der Waals surface area contributed by atoms with Crippen molar-refractivity contribution < 1.29 is 4.79 Å². The predicted molar refractivity (Wildman–Crippen MR) is 67.0 cm³/mol. The largest absolute Gasteiger partial charge is 0.352 e. The molecule has 3 atom stereocenters. The van der Waals surface area contributed by atoms with Crippen molar-refractivity contribution in [2.24, 2.45) is 17.6 Å². The van der Waals surface area contributed by atoms with Crippen molar-refractivity contribution >= 4 is 5.91 Å². The first-order valence-corrected chi connectivity index (χ1v) is 6.58. The Hall–Kier alpha value is -0.570. The van der Waals surface area contributed by atoms with Gasteiger partial charge in [-0.15, -0.1) is 0 Å². The second-order valence-electron chi connectivity index (χ2n) is 5.52. The summed E-state index contributed by atoms with van der Waals surface area (Å²) in [6.45, 7) is 6.58. The first kappa shape index (κ1) is 13.5. The van der Waals surface area contributed by atoms with Crippen LogP contribution < -0.4 is 11.1 Å². The van der Waals surface area contributed by atoms with E-state index in [0.29, 0.717) is 6.04 Å². The van der Waals surface area contributed by atoms with Crippen LogP contribution in [0.25, 0.3) is 0 Å². The maximum Gasteiger partial charge on any atom is 0.237 e. The Kier molecular flexibility index (Phi) is 5.26. The zero-order valence-electron chi connectivity index (χ0n) is 10.8. The van der Waals surface area contributed by atoms with Crippen molar-refractivity contribution in [3.8, 4) is 0 Å². The quantitative estimate of drug-likeness (QED) is 0.771. The monoisotopic (exact) mass is 226 g/mol. The lowest BCUT2D eigenvalue weighted by Gasteiger charge is -2.32. The first-order chi connectivity index (χ1) is 7.52. The van der Waals surface area contributed by atoms with Gasteiger partial charge < -0.3 is 11.1 Å². The lowest BCUT2D eigenvalue weighted by atomic mass is 9.80. The normalized spacial score (nSPS) is 32.1. The molecule has 94 valence electrons. The van der Waals surface area contributed by atoms with E-state index in [1.165, 1.54) is 6.42 Å². The van der Waals surface area contributed by atoms with Gasteiger partial charge >= 0.3 is 0 Å². The van der Waals surface area contributed by atoms with Crippen LogP contribution in [0, 0.1) is 11.8 Å². The number of amides is 1. The highest BCUT2D eigenvalue weighted by Gasteiger charge is 2.26. The molecule has 1 rings (SSSR count). The number of rotatable bonds is 4. The minimum Gasteiger partial charge on any atom is -0.352 e. The smallest absolute Gasteiger partial charge is 0.237 e. The van der Waals surface area contributed by atoms with E-state index in [2.05, 4.69) is 26.1 Å². The van der Waals surface area contributed by atoms with Crippen molar-refractivity contribution in [2.45, 2.75) is 65.0 Å². The maximum atomic E-state index is 11.8. The third-order valence-electron chi connectivity index (χ3n) is 3.46. The molecule has 1 aliphatic rings. The summed E-state index contributed by atoms with van der Waals surface area (Å²) in [6, 6.07) is 0.0201. The van der Waals surface area contributed by atoms with Crippen LogP contribution in [0.3, 0.4) is 0 Å². The van der Waals surface area contributed by atoms with E-state index in [0.717, 1.165) is 37.5 Å². The molecule has 1 fully saturated rings. The summed E-state index contributed by atoms with van der Waals surface area (Å²) in [4.78, 5) is 11.8. The van der Waals surface area contributed by atoms with Crippen LogP contribution in [-0.2, 0) is 4.79 Å². The fourth-order valence-corrected chi connectivity index (χ4v) is 2.82. The molecular formula is C13H26N2O. The van der Waals surface area contributed by atoms with Crippen LogP contribution in [0.5, 0.6) is 0 Å². The molecule has 0 heterocycles. The molecule has 0 aliphatic heterocycles. The molecule has 0 aromatic carbocycles. The van der Waals surface area contributed by atoms with E-state index in [-0.39, 0.29) is 11.9 Å². The molecule has 3 nitrogen and oxygen atoms in total. The van der Waals surface area contributed by atoms with Gasteiger partial charge in [0.25, 0.3) is 0 Å². The van der Waals surface area contributed by atoms with Crippen molar-refractivity contribution in [1.82, 2.24) is 5.32 Å². The molecule has 0 spiro atoms. The molecule has 2 unspecified atom stereocenters. The van der Waals surface area contributed by atoms with E-state index in [4.69, 9.17) is 5.73 Å². The van der Waals surface area contributed by atoms with Gasteiger partial charge in [0.05, 0.1) is 6.04 Å². The van der Waals surface area contributed by atoms with E-state index in [1.54, 1.807) is 0 Å². The summed E-state index contributed by atoms with van der Waals surface area (Å²) in [7, 11) is 0. The van der Waals surface area contributed by atoms with E-state index < -0.39 is 0 Å². The van der Waals surface area contributed by atoms with Crippen LogP contribution in [0.4, 0.5) is 0 Å². The lowest BCUT2D eigenvalue weighted by molar-refractivity contribution is -0.123. The molecule has 0 radical (unpaired) electrons. The minimum absolute atomic E-state index is 0.0353. The van der Waals surface area contributed by atoms with E-state index in [1.807, 2.05) is 0 Å². The molecule has 0 aromatic heterocycles. The van der Waals surface area contributed by atoms with E-state index >= 15 is 0 Å². The van der Waals surface area contributed by atoms with E-state index in [9.17, 15) is 4.79 Å². The van der Waals surface area contributed by atoms with Crippen molar-refractivity contribution in [3.63, 3.8) is 0 Å². The Morgan fingerprint density at radius 1 is 1.31 bits per heavy atom. The Labute approximate surface area is 99.2 Å². The number of carbonyl (C=O) groups is 1. The molecule has 0 bridgehead atoms. The predicted octanol–water partition coefficient (Wildman–Crippen LogP) is 2.05. The Balaban J connectivity index is 2.38. The standard InChI is InChI=1S/C13H26N2O/c1-4-5-12(14)13(16)15-11-7-9(2)6-10(3)8-11/h9-12H,4-8,14H2,1-3H3,(H,15,16)/t9?,10?,11?,12-/m0/s1. The van der Waals surface area contributed by atoms with Crippen molar-refractivity contribution in [2.75, 3.05) is 0 Å². The maximum absolute atomic E-state index is 11.8. The van der Waals surface area contributed by atoms with Gasteiger partial charge in [-0.05, 0) is 37.5 Å². The highest BCUT2D eigenvalue weighted by atomic mass is 16.2. The average Bonchev–Trinajstić information content (AvgIpc) is 2.16.